The first-order chi connectivity index (χ1) is 7.99. The minimum Gasteiger partial charge on any atom is -0.478 e. The number of pyridine rings is 1. The summed E-state index contributed by atoms with van der Waals surface area (Å²) in [5.41, 5.74) is 5.89. The minimum absolute atomic E-state index is 0.0195. The van der Waals surface area contributed by atoms with Gasteiger partial charge in [0.1, 0.15) is 0 Å². The van der Waals surface area contributed by atoms with E-state index in [0.29, 0.717) is 12.2 Å². The van der Waals surface area contributed by atoms with Gasteiger partial charge in [0.25, 0.3) is 0 Å². The van der Waals surface area contributed by atoms with E-state index in [4.69, 9.17) is 16.1 Å². The van der Waals surface area contributed by atoms with Crippen LogP contribution in [0.3, 0.4) is 0 Å². The van der Waals surface area contributed by atoms with Gasteiger partial charge in [-0.1, -0.05) is 0 Å². The Bertz CT molecular complexity index is 467. The quantitative estimate of drug-likeness (QED) is 0.808. The molecule has 6 nitrogen and oxygen atoms in total. The van der Waals surface area contributed by atoms with Gasteiger partial charge < -0.3 is 15.7 Å². The third-order valence-electron chi connectivity index (χ3n) is 2.58. The van der Waals surface area contributed by atoms with E-state index in [0.717, 1.165) is 0 Å². The second kappa shape index (κ2) is 5.16. The van der Waals surface area contributed by atoms with Gasteiger partial charge in [0.2, 0.25) is 0 Å². The first kappa shape index (κ1) is 12.8. The molecule has 1 rings (SSSR count). The van der Waals surface area contributed by atoms with Crippen LogP contribution in [0.15, 0.2) is 12.3 Å². The van der Waals surface area contributed by atoms with E-state index in [9.17, 15) is 4.79 Å². The summed E-state index contributed by atoms with van der Waals surface area (Å²) in [4.78, 5) is 16.7. The van der Waals surface area contributed by atoms with Crippen LogP contribution in [0.25, 0.3) is 0 Å². The van der Waals surface area contributed by atoms with Crippen LogP contribution in [-0.4, -0.2) is 29.1 Å². The maximum atomic E-state index is 10.9. The number of carbonyl (C=O) groups is 1. The number of hydrogen-bond donors (Lipinski definition) is 2. The van der Waals surface area contributed by atoms with Crippen molar-refractivity contribution in [1.82, 2.24) is 4.98 Å². The van der Waals surface area contributed by atoms with E-state index in [-0.39, 0.29) is 17.3 Å². The lowest BCUT2D eigenvalue weighted by atomic mass is 10.2. The molecule has 0 amide bonds. The topological polar surface area (TPSA) is 103 Å². The van der Waals surface area contributed by atoms with Crippen LogP contribution in [0.2, 0.25) is 0 Å². The fourth-order valence-corrected chi connectivity index (χ4v) is 1.41. The molecule has 0 spiro atoms. The first-order valence-corrected chi connectivity index (χ1v) is 5.06. The number of rotatable bonds is 4. The maximum Gasteiger partial charge on any atom is 0.337 e. The molecule has 0 aliphatic rings. The van der Waals surface area contributed by atoms with Crippen molar-refractivity contribution < 1.29 is 9.90 Å². The van der Waals surface area contributed by atoms with Crippen LogP contribution in [0, 0.1) is 11.3 Å². The summed E-state index contributed by atoms with van der Waals surface area (Å²) < 4.78 is 0. The third-order valence-corrected chi connectivity index (χ3v) is 2.58. The average Bonchev–Trinajstić information content (AvgIpc) is 2.28. The summed E-state index contributed by atoms with van der Waals surface area (Å²) in [7, 11) is 1.73. The van der Waals surface area contributed by atoms with Crippen molar-refractivity contribution in [2.75, 3.05) is 17.7 Å². The molecular formula is C11H14N4O2. The van der Waals surface area contributed by atoms with Gasteiger partial charge in [-0.3, -0.25) is 0 Å². The Morgan fingerprint density at radius 1 is 1.76 bits per heavy atom. The molecule has 1 heterocycles. The van der Waals surface area contributed by atoms with Crippen LogP contribution < -0.4 is 10.6 Å². The molecule has 0 aromatic carbocycles. The number of nitrogens with zero attached hydrogens (tertiary/aromatic N) is 3. The zero-order chi connectivity index (χ0) is 13.0. The number of aromatic nitrogens is 1. The molecule has 1 aromatic heterocycles. The molecule has 1 unspecified atom stereocenters. The number of nitriles is 1. The smallest absolute Gasteiger partial charge is 0.337 e. The number of hydrogen-bond acceptors (Lipinski definition) is 5. The van der Waals surface area contributed by atoms with Gasteiger partial charge in [-0.05, 0) is 13.0 Å². The zero-order valence-corrected chi connectivity index (χ0v) is 9.71. The summed E-state index contributed by atoms with van der Waals surface area (Å²) in [5.74, 6) is -0.708. The molecule has 0 saturated heterocycles. The van der Waals surface area contributed by atoms with Gasteiger partial charge in [-0.2, -0.15) is 5.26 Å². The van der Waals surface area contributed by atoms with Crippen LogP contribution in [0.1, 0.15) is 23.7 Å². The molecule has 3 N–H and O–H groups in total. The summed E-state index contributed by atoms with van der Waals surface area (Å²) >= 11 is 0. The number of anilines is 2. The Labute approximate surface area is 99.3 Å². The van der Waals surface area contributed by atoms with Crippen molar-refractivity contribution in [3.05, 3.63) is 17.8 Å². The van der Waals surface area contributed by atoms with Crippen LogP contribution in [0.4, 0.5) is 11.5 Å². The van der Waals surface area contributed by atoms with Crippen molar-refractivity contribution in [2.24, 2.45) is 0 Å². The van der Waals surface area contributed by atoms with Gasteiger partial charge in [0, 0.05) is 19.3 Å². The fourth-order valence-electron chi connectivity index (χ4n) is 1.41. The van der Waals surface area contributed by atoms with E-state index in [1.807, 2.05) is 13.0 Å². The molecule has 0 radical (unpaired) electrons. The van der Waals surface area contributed by atoms with Gasteiger partial charge in [0.15, 0.2) is 5.82 Å². The van der Waals surface area contributed by atoms with Crippen LogP contribution in [0.5, 0.6) is 0 Å². The Kier molecular flexibility index (Phi) is 3.88. The molecule has 0 fully saturated rings. The Morgan fingerprint density at radius 3 is 2.94 bits per heavy atom. The standard InChI is InChI=1S/C11H14N4O2/c1-7(3-5-12)15(2)10-9(13)8(11(16)17)4-6-14-10/h4,6-7H,3,13H2,1-2H3,(H,16,17). The van der Waals surface area contributed by atoms with Crippen molar-refractivity contribution in [2.45, 2.75) is 19.4 Å². The lowest BCUT2D eigenvalue weighted by Gasteiger charge is -2.25. The summed E-state index contributed by atoms with van der Waals surface area (Å²) in [5, 5.41) is 17.6. The SMILES string of the molecule is CC(CC#N)N(C)c1nccc(C(=O)O)c1N. The highest BCUT2D eigenvalue weighted by molar-refractivity contribution is 5.96. The van der Waals surface area contributed by atoms with Crippen molar-refractivity contribution >= 4 is 17.5 Å². The number of nitrogens with two attached hydrogens (primary N) is 1. The minimum atomic E-state index is -1.09. The Morgan fingerprint density at radius 2 is 2.41 bits per heavy atom. The summed E-state index contributed by atoms with van der Waals surface area (Å²) in [6.45, 7) is 1.85. The Balaban J connectivity index is 3.11. The summed E-state index contributed by atoms with van der Waals surface area (Å²) in [6, 6.07) is 3.32. The Hall–Kier alpha value is -2.29. The summed E-state index contributed by atoms with van der Waals surface area (Å²) in [6.07, 6.45) is 1.71. The first-order valence-electron chi connectivity index (χ1n) is 5.06. The lowest BCUT2D eigenvalue weighted by molar-refractivity contribution is 0.0698. The van der Waals surface area contributed by atoms with Gasteiger partial charge in [-0.25, -0.2) is 9.78 Å². The van der Waals surface area contributed by atoms with E-state index in [1.54, 1.807) is 11.9 Å². The third kappa shape index (κ3) is 2.64. The normalized spacial score (nSPS) is 11.6. The highest BCUT2D eigenvalue weighted by Crippen LogP contribution is 2.24. The van der Waals surface area contributed by atoms with Crippen LogP contribution >= 0.6 is 0 Å². The second-order valence-corrected chi connectivity index (χ2v) is 3.72. The van der Waals surface area contributed by atoms with E-state index in [2.05, 4.69) is 4.98 Å². The number of carboxylic acids is 1. The molecule has 0 bridgehead atoms. The van der Waals surface area contributed by atoms with Gasteiger partial charge in [-0.15, -0.1) is 0 Å². The van der Waals surface area contributed by atoms with Gasteiger partial charge >= 0.3 is 5.97 Å². The zero-order valence-electron chi connectivity index (χ0n) is 9.71. The average molecular weight is 234 g/mol. The van der Waals surface area contributed by atoms with Crippen molar-refractivity contribution in [3.8, 4) is 6.07 Å². The monoisotopic (exact) mass is 234 g/mol. The van der Waals surface area contributed by atoms with Crippen LogP contribution in [-0.2, 0) is 0 Å². The molecule has 0 aliphatic carbocycles. The van der Waals surface area contributed by atoms with E-state index < -0.39 is 5.97 Å². The number of carboxylic acid groups (broad SMARTS) is 1. The molecule has 1 aromatic rings. The second-order valence-electron chi connectivity index (χ2n) is 3.72. The molecule has 0 saturated carbocycles. The van der Waals surface area contributed by atoms with Gasteiger partial charge in [0.05, 0.1) is 23.7 Å². The highest BCUT2D eigenvalue weighted by Gasteiger charge is 2.18. The fraction of sp³-hybridized carbons (Fsp3) is 0.364. The predicted molar refractivity (Wildman–Crippen MR) is 63.7 cm³/mol. The van der Waals surface area contributed by atoms with Crippen molar-refractivity contribution in [1.29, 1.82) is 5.26 Å². The van der Waals surface area contributed by atoms with E-state index >= 15 is 0 Å². The predicted octanol–water partition coefficient (Wildman–Crippen LogP) is 1.10. The maximum absolute atomic E-state index is 10.9. The molecule has 0 aliphatic heterocycles. The molecule has 90 valence electrons. The largest absolute Gasteiger partial charge is 0.478 e. The molecule has 17 heavy (non-hydrogen) atoms. The van der Waals surface area contributed by atoms with Crippen molar-refractivity contribution in [3.63, 3.8) is 0 Å². The molecular weight excluding hydrogens is 220 g/mol. The lowest BCUT2D eigenvalue weighted by Crippen LogP contribution is -2.30. The number of aromatic carboxylic acids is 1. The number of nitrogen functional groups attached to an aromatic ring is 1. The molecule has 1 atom stereocenters. The van der Waals surface area contributed by atoms with E-state index in [1.165, 1.54) is 12.3 Å². The highest BCUT2D eigenvalue weighted by atomic mass is 16.4. The molecule has 6 heteroatoms.